The van der Waals surface area contributed by atoms with Crippen molar-refractivity contribution in [3.05, 3.63) is 95.1 Å². The van der Waals surface area contributed by atoms with Crippen LogP contribution >= 0.6 is 11.8 Å². The van der Waals surface area contributed by atoms with E-state index in [1.807, 2.05) is 37.3 Å². The number of thioether (sulfide) groups is 1. The Balaban J connectivity index is 1.46. The number of phenolic OH excluding ortho intramolecular Hbond substituents is 1. The fourth-order valence-corrected chi connectivity index (χ4v) is 4.69. The van der Waals surface area contributed by atoms with Crippen molar-refractivity contribution in [2.75, 3.05) is 7.11 Å². The van der Waals surface area contributed by atoms with Gasteiger partial charge in [-0.2, -0.15) is 0 Å². The van der Waals surface area contributed by atoms with E-state index in [0.29, 0.717) is 12.3 Å². The predicted octanol–water partition coefficient (Wildman–Crippen LogP) is 4.93. The molecule has 160 valence electrons. The van der Waals surface area contributed by atoms with Crippen molar-refractivity contribution in [2.24, 2.45) is 4.99 Å². The van der Waals surface area contributed by atoms with Crippen molar-refractivity contribution in [3.8, 4) is 17.2 Å². The first-order valence-corrected chi connectivity index (χ1v) is 11.3. The molecule has 0 saturated heterocycles. The molecule has 0 radical (unpaired) electrons. The molecule has 0 bridgehead atoms. The summed E-state index contributed by atoms with van der Waals surface area (Å²) in [6.07, 6.45) is 0. The summed E-state index contributed by atoms with van der Waals surface area (Å²) in [7, 11) is 1.67. The summed E-state index contributed by atoms with van der Waals surface area (Å²) in [5, 5.41) is 18.2. The average molecular weight is 443 g/mol. The number of aromatic hydroxyl groups is 1. The maximum Gasteiger partial charge on any atom is 0.159 e. The minimum Gasteiger partial charge on any atom is -0.508 e. The van der Waals surface area contributed by atoms with Crippen LogP contribution in [0.1, 0.15) is 28.3 Å². The van der Waals surface area contributed by atoms with Crippen LogP contribution in [-0.2, 0) is 12.3 Å². The summed E-state index contributed by atoms with van der Waals surface area (Å²) in [6, 6.07) is 21.8. The van der Waals surface area contributed by atoms with Crippen molar-refractivity contribution >= 4 is 17.5 Å². The number of fused-ring (bicyclic) bond motifs is 3. The minimum atomic E-state index is 0.296. The summed E-state index contributed by atoms with van der Waals surface area (Å²) in [5.74, 6) is 3.53. The minimum absolute atomic E-state index is 0.296. The van der Waals surface area contributed by atoms with Gasteiger partial charge in [-0.05, 0) is 55.0 Å². The molecule has 7 heteroatoms. The van der Waals surface area contributed by atoms with Crippen LogP contribution in [-0.4, -0.2) is 32.7 Å². The highest BCUT2D eigenvalue weighted by Gasteiger charge is 2.22. The van der Waals surface area contributed by atoms with Gasteiger partial charge >= 0.3 is 0 Å². The molecule has 2 heterocycles. The van der Waals surface area contributed by atoms with E-state index in [9.17, 15) is 5.11 Å². The zero-order valence-electron chi connectivity index (χ0n) is 17.8. The maximum absolute atomic E-state index is 9.66. The number of hydrogen-bond donors (Lipinski definition) is 1. The Bertz CT molecular complexity index is 1310. The number of methoxy groups -OCH3 is 1. The number of aryl methyl sites for hydroxylation is 1. The number of hydrogen-bond acceptors (Lipinski definition) is 6. The van der Waals surface area contributed by atoms with Gasteiger partial charge in [-0.1, -0.05) is 24.3 Å². The summed E-state index contributed by atoms with van der Waals surface area (Å²) >= 11 is 1.73. The van der Waals surface area contributed by atoms with Crippen LogP contribution in [0.3, 0.4) is 0 Å². The lowest BCUT2D eigenvalue weighted by Crippen LogP contribution is -2.08. The molecule has 1 N–H and O–H groups in total. The zero-order valence-corrected chi connectivity index (χ0v) is 18.6. The third kappa shape index (κ3) is 3.87. The molecule has 5 rings (SSSR count). The van der Waals surface area contributed by atoms with Crippen molar-refractivity contribution in [1.82, 2.24) is 14.8 Å². The third-order valence-electron chi connectivity index (χ3n) is 5.41. The van der Waals surface area contributed by atoms with Gasteiger partial charge in [-0.15, -0.1) is 22.0 Å². The Morgan fingerprint density at radius 1 is 1.03 bits per heavy atom. The van der Waals surface area contributed by atoms with E-state index in [-0.39, 0.29) is 0 Å². The first-order chi connectivity index (χ1) is 15.6. The number of ether oxygens (including phenoxy) is 1. The normalized spacial score (nSPS) is 12.5. The fourth-order valence-electron chi connectivity index (χ4n) is 3.85. The summed E-state index contributed by atoms with van der Waals surface area (Å²) in [6.45, 7) is 2.41. The van der Waals surface area contributed by atoms with Gasteiger partial charge in [-0.25, -0.2) is 0 Å². The van der Waals surface area contributed by atoms with Gasteiger partial charge in [0, 0.05) is 21.8 Å². The molecule has 4 aromatic rings. The largest absolute Gasteiger partial charge is 0.508 e. The Kier molecular flexibility index (Phi) is 5.41. The molecule has 6 nitrogen and oxygen atoms in total. The fraction of sp³-hybridized carbons (Fsp3) is 0.160. The first kappa shape index (κ1) is 20.3. The van der Waals surface area contributed by atoms with Crippen LogP contribution in [0.15, 0.2) is 76.6 Å². The van der Waals surface area contributed by atoms with Gasteiger partial charge in [0.05, 0.1) is 18.5 Å². The molecule has 0 unspecified atom stereocenters. The highest BCUT2D eigenvalue weighted by molar-refractivity contribution is 7.98. The number of benzene rings is 3. The molecule has 0 spiro atoms. The van der Waals surface area contributed by atoms with Crippen molar-refractivity contribution in [3.63, 3.8) is 0 Å². The molecule has 0 saturated carbocycles. The highest BCUT2D eigenvalue weighted by Crippen LogP contribution is 2.30. The zero-order chi connectivity index (χ0) is 22.1. The molecule has 3 aromatic carbocycles. The maximum atomic E-state index is 9.66. The van der Waals surface area contributed by atoms with Crippen LogP contribution in [0.25, 0.3) is 5.69 Å². The van der Waals surface area contributed by atoms with Gasteiger partial charge < -0.3 is 9.84 Å². The molecular weight excluding hydrogens is 420 g/mol. The van der Waals surface area contributed by atoms with E-state index in [1.54, 1.807) is 31.0 Å². The topological polar surface area (TPSA) is 72.5 Å². The monoisotopic (exact) mass is 442 g/mol. The molecule has 32 heavy (non-hydrogen) atoms. The standard InChI is InChI=1S/C25H22N4O2S/c1-16-27-28-24-14-26-25(22-13-20(31-2)8-11-23(22)29(16)24)18-6-9-21(10-7-18)32-15-17-4-3-5-19(30)12-17/h3-13,30H,14-15H2,1-2H3. The second-order valence-corrected chi connectivity index (χ2v) is 8.58. The Morgan fingerprint density at radius 2 is 1.88 bits per heavy atom. The van der Waals surface area contributed by atoms with E-state index in [1.165, 1.54) is 0 Å². The average Bonchev–Trinajstić information content (AvgIpc) is 3.09. The lowest BCUT2D eigenvalue weighted by Gasteiger charge is -2.14. The second-order valence-electron chi connectivity index (χ2n) is 7.53. The van der Waals surface area contributed by atoms with Gasteiger partial charge in [0.2, 0.25) is 0 Å². The molecule has 1 aliphatic rings. The SMILES string of the molecule is COc1ccc2c(c1)C(c1ccc(SCc3cccc(O)c3)cc1)=NCc1nnc(C)n1-2. The van der Waals surface area contributed by atoms with Crippen LogP contribution < -0.4 is 4.74 Å². The summed E-state index contributed by atoms with van der Waals surface area (Å²) in [4.78, 5) is 6.06. The van der Waals surface area contributed by atoms with Gasteiger partial charge in [0.15, 0.2) is 5.82 Å². The van der Waals surface area contributed by atoms with Crippen LogP contribution in [0, 0.1) is 6.92 Å². The predicted molar refractivity (Wildman–Crippen MR) is 126 cm³/mol. The van der Waals surface area contributed by atoms with E-state index in [4.69, 9.17) is 9.73 Å². The quantitative estimate of drug-likeness (QED) is 0.444. The van der Waals surface area contributed by atoms with E-state index < -0.39 is 0 Å². The van der Waals surface area contributed by atoms with E-state index >= 15 is 0 Å². The summed E-state index contributed by atoms with van der Waals surface area (Å²) < 4.78 is 7.55. The Morgan fingerprint density at radius 3 is 2.66 bits per heavy atom. The third-order valence-corrected chi connectivity index (χ3v) is 6.50. The first-order valence-electron chi connectivity index (χ1n) is 10.3. The molecule has 1 aliphatic heterocycles. The smallest absolute Gasteiger partial charge is 0.159 e. The molecule has 1 aromatic heterocycles. The summed E-state index contributed by atoms with van der Waals surface area (Å²) in [5.41, 5.74) is 5.03. The van der Waals surface area contributed by atoms with Crippen LogP contribution in [0.5, 0.6) is 11.5 Å². The molecule has 0 aliphatic carbocycles. The number of aromatic nitrogens is 3. The van der Waals surface area contributed by atoms with Crippen molar-refractivity contribution in [2.45, 2.75) is 24.1 Å². The number of aliphatic imine (C=N–C) groups is 1. The highest BCUT2D eigenvalue weighted by atomic mass is 32.2. The Labute approximate surface area is 190 Å². The van der Waals surface area contributed by atoms with Crippen LogP contribution in [0.4, 0.5) is 0 Å². The number of rotatable bonds is 5. The van der Waals surface area contributed by atoms with Gasteiger partial charge in [0.25, 0.3) is 0 Å². The number of phenols is 1. The van der Waals surface area contributed by atoms with Crippen molar-refractivity contribution < 1.29 is 9.84 Å². The molecule has 0 amide bonds. The van der Waals surface area contributed by atoms with E-state index in [2.05, 4.69) is 39.0 Å². The van der Waals surface area contributed by atoms with Gasteiger partial charge in [0.1, 0.15) is 23.9 Å². The molecular formula is C25H22N4O2S. The molecule has 0 fully saturated rings. The Hall–Kier alpha value is -3.58. The number of nitrogens with zero attached hydrogens (tertiary/aromatic N) is 4. The van der Waals surface area contributed by atoms with E-state index in [0.717, 1.165) is 56.1 Å². The van der Waals surface area contributed by atoms with Crippen LogP contribution in [0.2, 0.25) is 0 Å². The van der Waals surface area contributed by atoms with Crippen molar-refractivity contribution in [1.29, 1.82) is 0 Å². The lowest BCUT2D eigenvalue weighted by atomic mass is 10.00. The molecule has 0 atom stereocenters. The lowest BCUT2D eigenvalue weighted by molar-refractivity contribution is 0.414. The second kappa shape index (κ2) is 8.51. The van der Waals surface area contributed by atoms with Gasteiger partial charge in [-0.3, -0.25) is 9.56 Å².